The molecule has 8 nitrogen and oxygen atoms in total. The van der Waals surface area contributed by atoms with Crippen LogP contribution in [0.25, 0.3) is 0 Å². The SMILES string of the molecule is COc1cc(C(=O)N[C@H](CC(C)C)C(=O)O)ccc1[N+](=O)[O-]. The van der Waals surface area contributed by atoms with Gasteiger partial charge in [0.25, 0.3) is 5.91 Å². The van der Waals surface area contributed by atoms with Gasteiger partial charge in [-0.1, -0.05) is 13.8 Å². The highest BCUT2D eigenvalue weighted by Crippen LogP contribution is 2.27. The predicted molar refractivity (Wildman–Crippen MR) is 78.0 cm³/mol. The molecule has 22 heavy (non-hydrogen) atoms. The van der Waals surface area contributed by atoms with Crippen LogP contribution in [0.15, 0.2) is 18.2 Å². The first-order chi connectivity index (χ1) is 10.3. The molecule has 0 radical (unpaired) electrons. The molecule has 2 N–H and O–H groups in total. The van der Waals surface area contributed by atoms with Crippen LogP contribution in [-0.4, -0.2) is 35.1 Å². The Labute approximate surface area is 127 Å². The number of rotatable bonds is 7. The number of benzene rings is 1. The van der Waals surface area contributed by atoms with E-state index in [2.05, 4.69) is 5.32 Å². The topological polar surface area (TPSA) is 119 Å². The van der Waals surface area contributed by atoms with Crippen molar-refractivity contribution in [3.63, 3.8) is 0 Å². The summed E-state index contributed by atoms with van der Waals surface area (Å²) < 4.78 is 4.88. The third-order valence-corrected chi connectivity index (χ3v) is 2.95. The lowest BCUT2D eigenvalue weighted by Gasteiger charge is -2.16. The fourth-order valence-electron chi connectivity index (χ4n) is 1.90. The second-order valence-corrected chi connectivity index (χ2v) is 5.14. The molecule has 0 saturated heterocycles. The number of carbonyl (C=O) groups excluding carboxylic acids is 1. The van der Waals surface area contributed by atoms with Crippen molar-refractivity contribution in [3.8, 4) is 5.75 Å². The molecular formula is C14H18N2O6. The number of methoxy groups -OCH3 is 1. The summed E-state index contributed by atoms with van der Waals surface area (Å²) in [7, 11) is 1.25. The van der Waals surface area contributed by atoms with Gasteiger partial charge in [0.05, 0.1) is 12.0 Å². The number of carboxylic acids is 1. The first kappa shape index (κ1) is 17.4. The van der Waals surface area contributed by atoms with Gasteiger partial charge in [-0.3, -0.25) is 14.9 Å². The fourth-order valence-corrected chi connectivity index (χ4v) is 1.90. The maximum absolute atomic E-state index is 12.1. The number of hydrogen-bond acceptors (Lipinski definition) is 5. The highest BCUT2D eigenvalue weighted by Gasteiger charge is 2.23. The maximum Gasteiger partial charge on any atom is 0.326 e. The monoisotopic (exact) mass is 310 g/mol. The Bertz CT molecular complexity index is 585. The zero-order valence-corrected chi connectivity index (χ0v) is 12.5. The molecule has 120 valence electrons. The van der Waals surface area contributed by atoms with E-state index in [0.29, 0.717) is 0 Å². The van der Waals surface area contributed by atoms with Gasteiger partial charge in [0.1, 0.15) is 6.04 Å². The first-order valence-electron chi connectivity index (χ1n) is 6.62. The molecule has 0 aromatic heterocycles. The summed E-state index contributed by atoms with van der Waals surface area (Å²) in [5, 5.41) is 22.3. The van der Waals surface area contributed by atoms with Gasteiger partial charge in [0, 0.05) is 17.7 Å². The lowest BCUT2D eigenvalue weighted by Crippen LogP contribution is -2.41. The highest BCUT2D eigenvalue weighted by atomic mass is 16.6. The second-order valence-electron chi connectivity index (χ2n) is 5.14. The quantitative estimate of drug-likeness (QED) is 0.586. The van der Waals surface area contributed by atoms with Crippen LogP contribution in [0.5, 0.6) is 5.75 Å². The number of nitrogens with zero attached hydrogens (tertiary/aromatic N) is 1. The Morgan fingerprint density at radius 1 is 1.41 bits per heavy atom. The Hall–Kier alpha value is -2.64. The van der Waals surface area contributed by atoms with E-state index in [1.54, 1.807) is 0 Å². The number of nitrogens with one attached hydrogen (secondary N) is 1. The van der Waals surface area contributed by atoms with E-state index in [-0.39, 0.29) is 29.3 Å². The van der Waals surface area contributed by atoms with E-state index >= 15 is 0 Å². The van der Waals surface area contributed by atoms with Crippen molar-refractivity contribution >= 4 is 17.6 Å². The molecule has 0 aliphatic heterocycles. The van der Waals surface area contributed by atoms with E-state index in [1.807, 2.05) is 13.8 Å². The van der Waals surface area contributed by atoms with Gasteiger partial charge in [-0.25, -0.2) is 4.79 Å². The summed E-state index contributed by atoms with van der Waals surface area (Å²) in [5.74, 6) is -1.72. The number of amides is 1. The molecule has 0 spiro atoms. The first-order valence-corrected chi connectivity index (χ1v) is 6.62. The van der Waals surface area contributed by atoms with Crippen LogP contribution in [-0.2, 0) is 4.79 Å². The third kappa shape index (κ3) is 4.44. The van der Waals surface area contributed by atoms with Crippen molar-refractivity contribution in [1.82, 2.24) is 5.32 Å². The zero-order valence-electron chi connectivity index (χ0n) is 12.5. The standard InChI is InChI=1S/C14H18N2O6/c1-8(2)6-10(14(18)19)15-13(17)9-4-5-11(16(20)21)12(7-9)22-3/h4-5,7-8,10H,6H2,1-3H3,(H,15,17)(H,18,19)/t10-/m1/s1. The molecule has 1 aromatic rings. The minimum absolute atomic E-state index is 0.0617. The summed E-state index contributed by atoms with van der Waals surface area (Å²) in [4.78, 5) is 33.4. The van der Waals surface area contributed by atoms with Crippen molar-refractivity contribution in [2.24, 2.45) is 5.92 Å². The zero-order chi connectivity index (χ0) is 16.9. The summed E-state index contributed by atoms with van der Waals surface area (Å²) in [6, 6.07) is 2.59. The van der Waals surface area contributed by atoms with Crippen LogP contribution in [0.3, 0.4) is 0 Å². The van der Waals surface area contributed by atoms with Crippen molar-refractivity contribution in [1.29, 1.82) is 0 Å². The van der Waals surface area contributed by atoms with Gasteiger partial charge >= 0.3 is 11.7 Å². The van der Waals surface area contributed by atoms with Crippen LogP contribution in [0.2, 0.25) is 0 Å². The molecule has 1 amide bonds. The van der Waals surface area contributed by atoms with Gasteiger partial charge in [-0.2, -0.15) is 0 Å². The molecule has 0 aliphatic carbocycles. The van der Waals surface area contributed by atoms with Crippen LogP contribution >= 0.6 is 0 Å². The van der Waals surface area contributed by atoms with Gasteiger partial charge in [0.15, 0.2) is 5.75 Å². The molecule has 0 bridgehead atoms. The molecule has 1 aromatic carbocycles. The molecule has 1 atom stereocenters. The minimum Gasteiger partial charge on any atom is -0.490 e. The van der Waals surface area contributed by atoms with Crippen molar-refractivity contribution in [3.05, 3.63) is 33.9 Å². The summed E-state index contributed by atoms with van der Waals surface area (Å²) in [5.41, 5.74) is -0.173. The predicted octanol–water partition coefficient (Wildman–Crippen LogP) is 1.83. The normalized spacial score (nSPS) is 11.8. The van der Waals surface area contributed by atoms with Gasteiger partial charge < -0.3 is 15.2 Å². The number of hydrogen-bond donors (Lipinski definition) is 2. The number of nitro groups is 1. The molecule has 0 heterocycles. The minimum atomic E-state index is -1.13. The summed E-state index contributed by atoms with van der Waals surface area (Å²) >= 11 is 0. The number of carboxylic acid groups (broad SMARTS) is 1. The van der Waals surface area contributed by atoms with Crippen molar-refractivity contribution in [2.75, 3.05) is 7.11 Å². The fraction of sp³-hybridized carbons (Fsp3) is 0.429. The average molecular weight is 310 g/mol. The van der Waals surface area contributed by atoms with Crippen LogP contribution in [0.1, 0.15) is 30.6 Å². The largest absolute Gasteiger partial charge is 0.490 e. The van der Waals surface area contributed by atoms with E-state index in [4.69, 9.17) is 9.84 Å². The number of ether oxygens (including phenoxy) is 1. The maximum atomic E-state index is 12.1. The average Bonchev–Trinajstić information content (AvgIpc) is 2.44. The van der Waals surface area contributed by atoms with Gasteiger partial charge in [-0.05, 0) is 18.4 Å². The Balaban J connectivity index is 2.97. The Kier molecular flexibility index (Phi) is 5.85. The highest BCUT2D eigenvalue weighted by molar-refractivity contribution is 5.97. The van der Waals surface area contributed by atoms with Gasteiger partial charge in [-0.15, -0.1) is 0 Å². The van der Waals surface area contributed by atoms with Crippen molar-refractivity contribution in [2.45, 2.75) is 26.3 Å². The number of nitro benzene ring substituents is 1. The van der Waals surface area contributed by atoms with Crippen LogP contribution < -0.4 is 10.1 Å². The number of carbonyl (C=O) groups is 2. The Morgan fingerprint density at radius 3 is 2.50 bits per heavy atom. The lowest BCUT2D eigenvalue weighted by molar-refractivity contribution is -0.385. The van der Waals surface area contributed by atoms with E-state index < -0.39 is 22.8 Å². The van der Waals surface area contributed by atoms with Crippen LogP contribution in [0.4, 0.5) is 5.69 Å². The smallest absolute Gasteiger partial charge is 0.326 e. The van der Waals surface area contributed by atoms with Crippen LogP contribution in [0, 0.1) is 16.0 Å². The third-order valence-electron chi connectivity index (χ3n) is 2.95. The van der Waals surface area contributed by atoms with E-state index in [9.17, 15) is 19.7 Å². The molecule has 0 fully saturated rings. The molecule has 0 saturated carbocycles. The Morgan fingerprint density at radius 2 is 2.05 bits per heavy atom. The number of aliphatic carboxylic acids is 1. The summed E-state index contributed by atoms with van der Waals surface area (Å²) in [6.07, 6.45) is 0.283. The molecule has 1 rings (SSSR count). The van der Waals surface area contributed by atoms with E-state index in [1.165, 1.54) is 19.2 Å². The lowest BCUT2D eigenvalue weighted by atomic mass is 10.0. The second kappa shape index (κ2) is 7.39. The molecular weight excluding hydrogens is 292 g/mol. The molecule has 0 unspecified atom stereocenters. The van der Waals surface area contributed by atoms with Gasteiger partial charge in [0.2, 0.25) is 0 Å². The van der Waals surface area contributed by atoms with Crippen molar-refractivity contribution < 1.29 is 24.4 Å². The molecule has 8 heteroatoms. The van der Waals surface area contributed by atoms with E-state index in [0.717, 1.165) is 6.07 Å². The summed E-state index contributed by atoms with van der Waals surface area (Å²) in [6.45, 7) is 3.69. The molecule has 0 aliphatic rings.